The van der Waals surface area contributed by atoms with Crippen LogP contribution in [-0.2, 0) is 9.59 Å². The highest BCUT2D eigenvalue weighted by Gasteiger charge is 2.23. The maximum atomic E-state index is 12.0. The fourth-order valence-electron chi connectivity index (χ4n) is 2.18. The number of carbonyl (C=O) groups is 2. The van der Waals surface area contributed by atoms with E-state index in [2.05, 4.69) is 16.0 Å². The molecule has 1 aromatic rings. The molecule has 2 rings (SSSR count). The van der Waals surface area contributed by atoms with Crippen LogP contribution in [0.15, 0.2) is 24.3 Å². The Morgan fingerprint density at radius 1 is 1.39 bits per heavy atom. The molecule has 1 aromatic carbocycles. The van der Waals surface area contributed by atoms with Crippen molar-refractivity contribution in [2.75, 3.05) is 11.1 Å². The number of thioether (sulfide) groups is 1. The third-order valence-electron chi connectivity index (χ3n) is 3.11. The number of anilines is 1. The summed E-state index contributed by atoms with van der Waals surface area (Å²) in [6.07, 6.45) is 0.584. The van der Waals surface area contributed by atoms with Gasteiger partial charge >= 0.3 is 0 Å². The van der Waals surface area contributed by atoms with Gasteiger partial charge in [0.2, 0.25) is 11.8 Å². The zero-order valence-corrected chi connectivity index (χ0v) is 14.4. The van der Waals surface area contributed by atoms with E-state index in [9.17, 15) is 9.59 Å². The van der Waals surface area contributed by atoms with Gasteiger partial charge in [-0.15, -0.1) is 11.8 Å². The quantitative estimate of drug-likeness (QED) is 0.739. The molecular formula is C16H23N3O3S. The number of hydrogen-bond donors (Lipinski definition) is 3. The first-order valence-corrected chi connectivity index (χ1v) is 8.71. The average molecular weight is 337 g/mol. The lowest BCUT2D eigenvalue weighted by molar-refractivity contribution is -0.123. The Hall–Kier alpha value is -1.73. The Balaban J connectivity index is 1.77. The first-order valence-electron chi connectivity index (χ1n) is 7.66. The highest BCUT2D eigenvalue weighted by molar-refractivity contribution is 8.00. The second-order valence-electron chi connectivity index (χ2n) is 5.77. The van der Waals surface area contributed by atoms with E-state index in [1.54, 1.807) is 0 Å². The van der Waals surface area contributed by atoms with Crippen LogP contribution in [0.1, 0.15) is 27.2 Å². The summed E-state index contributed by atoms with van der Waals surface area (Å²) in [5.41, 5.74) is 0.500. The van der Waals surface area contributed by atoms with Gasteiger partial charge in [0.05, 0.1) is 11.9 Å². The summed E-state index contributed by atoms with van der Waals surface area (Å²) in [5.74, 6) is 0.932. The van der Waals surface area contributed by atoms with Gasteiger partial charge in [-0.3, -0.25) is 14.9 Å². The van der Waals surface area contributed by atoms with Crippen molar-refractivity contribution >= 4 is 29.3 Å². The third-order valence-corrected chi connectivity index (χ3v) is 4.13. The van der Waals surface area contributed by atoms with E-state index in [1.807, 2.05) is 45.0 Å². The van der Waals surface area contributed by atoms with E-state index < -0.39 is 0 Å². The zero-order valence-electron chi connectivity index (χ0n) is 13.6. The maximum Gasteiger partial charge on any atom is 0.234 e. The minimum absolute atomic E-state index is 0.00917. The SMILES string of the molecule is CC1CC(=O)NC(SCC(=O)Nc2ccc(OC(C)C)cc2)N1. The molecule has 0 radical (unpaired) electrons. The van der Waals surface area contributed by atoms with Gasteiger partial charge in [-0.05, 0) is 45.0 Å². The number of nitrogens with one attached hydrogen (secondary N) is 3. The van der Waals surface area contributed by atoms with Crippen LogP contribution in [0, 0.1) is 0 Å². The van der Waals surface area contributed by atoms with Crippen molar-refractivity contribution in [2.45, 2.75) is 44.8 Å². The van der Waals surface area contributed by atoms with E-state index in [4.69, 9.17) is 4.74 Å². The summed E-state index contributed by atoms with van der Waals surface area (Å²) in [6.45, 7) is 5.88. The smallest absolute Gasteiger partial charge is 0.234 e. The number of carbonyl (C=O) groups excluding carboxylic acids is 2. The highest BCUT2D eigenvalue weighted by atomic mass is 32.2. The maximum absolute atomic E-state index is 12.0. The Morgan fingerprint density at radius 2 is 2.09 bits per heavy atom. The largest absolute Gasteiger partial charge is 0.491 e. The van der Waals surface area contributed by atoms with Crippen molar-refractivity contribution in [1.82, 2.24) is 10.6 Å². The molecule has 1 aliphatic heterocycles. The molecule has 1 saturated heterocycles. The molecule has 1 aliphatic rings. The van der Waals surface area contributed by atoms with Crippen LogP contribution in [-0.4, -0.2) is 35.2 Å². The van der Waals surface area contributed by atoms with Gasteiger partial charge in [0.25, 0.3) is 0 Å². The molecule has 2 unspecified atom stereocenters. The van der Waals surface area contributed by atoms with E-state index in [-0.39, 0.29) is 35.2 Å². The monoisotopic (exact) mass is 337 g/mol. The Bertz CT molecular complexity index is 548. The zero-order chi connectivity index (χ0) is 16.8. The molecule has 0 bridgehead atoms. The molecule has 3 N–H and O–H groups in total. The second-order valence-corrected chi connectivity index (χ2v) is 6.86. The fraction of sp³-hybridized carbons (Fsp3) is 0.500. The Labute approximate surface area is 140 Å². The molecule has 1 fully saturated rings. The summed E-state index contributed by atoms with van der Waals surface area (Å²) in [4.78, 5) is 23.4. The summed E-state index contributed by atoms with van der Waals surface area (Å²) in [5, 5.41) is 8.86. The van der Waals surface area contributed by atoms with Crippen LogP contribution in [0.5, 0.6) is 5.75 Å². The van der Waals surface area contributed by atoms with Crippen molar-refractivity contribution < 1.29 is 14.3 Å². The summed E-state index contributed by atoms with van der Waals surface area (Å²) < 4.78 is 5.56. The van der Waals surface area contributed by atoms with Crippen LogP contribution >= 0.6 is 11.8 Å². The first-order chi connectivity index (χ1) is 10.9. The van der Waals surface area contributed by atoms with Crippen LogP contribution < -0.4 is 20.7 Å². The fourth-order valence-corrected chi connectivity index (χ4v) is 3.11. The van der Waals surface area contributed by atoms with Crippen molar-refractivity contribution in [3.05, 3.63) is 24.3 Å². The Kier molecular flexibility index (Phi) is 6.29. The van der Waals surface area contributed by atoms with Gasteiger partial charge in [0.1, 0.15) is 11.2 Å². The molecule has 0 spiro atoms. The van der Waals surface area contributed by atoms with Crippen LogP contribution in [0.25, 0.3) is 0 Å². The number of hydrogen-bond acceptors (Lipinski definition) is 5. The van der Waals surface area contributed by atoms with Crippen LogP contribution in [0.2, 0.25) is 0 Å². The van der Waals surface area contributed by atoms with Gasteiger partial charge < -0.3 is 15.4 Å². The van der Waals surface area contributed by atoms with E-state index >= 15 is 0 Å². The standard InChI is InChI=1S/C16H23N3O3S/c1-10(2)22-13-6-4-12(5-7-13)18-15(21)9-23-16-17-11(3)8-14(20)19-16/h4-7,10-11,16-17H,8-9H2,1-3H3,(H,18,21)(H,19,20). The summed E-state index contributed by atoms with van der Waals surface area (Å²) in [7, 11) is 0. The summed E-state index contributed by atoms with van der Waals surface area (Å²) in [6, 6.07) is 7.39. The molecule has 2 amide bonds. The Morgan fingerprint density at radius 3 is 2.70 bits per heavy atom. The molecule has 0 aromatic heterocycles. The van der Waals surface area contributed by atoms with Crippen molar-refractivity contribution in [2.24, 2.45) is 0 Å². The lowest BCUT2D eigenvalue weighted by Crippen LogP contribution is -2.53. The van der Waals surface area contributed by atoms with Gasteiger partial charge in [0.15, 0.2) is 0 Å². The predicted molar refractivity (Wildman–Crippen MR) is 92.4 cm³/mol. The molecule has 1 heterocycles. The number of rotatable bonds is 6. The van der Waals surface area contributed by atoms with E-state index in [0.717, 1.165) is 11.4 Å². The second kappa shape index (κ2) is 8.21. The molecular weight excluding hydrogens is 314 g/mol. The van der Waals surface area contributed by atoms with Gasteiger partial charge in [-0.2, -0.15) is 0 Å². The van der Waals surface area contributed by atoms with Gasteiger partial charge in [0, 0.05) is 18.2 Å². The minimum Gasteiger partial charge on any atom is -0.491 e. The van der Waals surface area contributed by atoms with E-state index in [0.29, 0.717) is 6.42 Å². The molecule has 0 aliphatic carbocycles. The topological polar surface area (TPSA) is 79.5 Å². The number of amides is 2. The van der Waals surface area contributed by atoms with E-state index in [1.165, 1.54) is 11.8 Å². The number of ether oxygens (including phenoxy) is 1. The molecule has 2 atom stereocenters. The van der Waals surface area contributed by atoms with Crippen LogP contribution in [0.3, 0.4) is 0 Å². The first kappa shape index (κ1) is 17.6. The van der Waals surface area contributed by atoms with Crippen molar-refractivity contribution in [1.29, 1.82) is 0 Å². The molecule has 6 nitrogen and oxygen atoms in total. The molecule has 23 heavy (non-hydrogen) atoms. The summed E-state index contributed by atoms with van der Waals surface area (Å²) >= 11 is 1.36. The average Bonchev–Trinajstić information content (AvgIpc) is 2.46. The number of benzene rings is 1. The van der Waals surface area contributed by atoms with Crippen molar-refractivity contribution in [3.8, 4) is 5.75 Å². The lowest BCUT2D eigenvalue weighted by atomic mass is 10.2. The minimum atomic E-state index is -0.223. The van der Waals surface area contributed by atoms with Crippen molar-refractivity contribution in [3.63, 3.8) is 0 Å². The third kappa shape index (κ3) is 6.11. The molecule has 7 heteroatoms. The van der Waals surface area contributed by atoms with Crippen LogP contribution in [0.4, 0.5) is 5.69 Å². The molecule has 126 valence electrons. The highest BCUT2D eigenvalue weighted by Crippen LogP contribution is 2.18. The molecule has 0 saturated carbocycles. The predicted octanol–water partition coefficient (Wildman–Crippen LogP) is 1.93. The lowest BCUT2D eigenvalue weighted by Gasteiger charge is -2.28. The normalized spacial score (nSPS) is 21.0. The van der Waals surface area contributed by atoms with Gasteiger partial charge in [-0.1, -0.05) is 0 Å². The van der Waals surface area contributed by atoms with Gasteiger partial charge in [-0.25, -0.2) is 0 Å².